The molecule has 2 aromatic heterocycles. The van der Waals surface area contributed by atoms with Crippen LogP contribution in [0.1, 0.15) is 20.8 Å². The molecule has 2 heterocycles. The summed E-state index contributed by atoms with van der Waals surface area (Å²) < 4.78 is 0. The molecule has 5 heteroatoms. The quantitative estimate of drug-likeness (QED) is 0.366. The Morgan fingerprint density at radius 3 is 2.23 bits per heavy atom. The van der Waals surface area contributed by atoms with Crippen molar-refractivity contribution in [1.29, 1.82) is 0 Å². The normalized spacial score (nSPS) is 9.73. The van der Waals surface area contributed by atoms with E-state index in [1.54, 1.807) is 24.5 Å². The van der Waals surface area contributed by atoms with Gasteiger partial charge in [0.25, 0.3) is 0 Å². The molecule has 3 rings (SSSR count). The Hall–Kier alpha value is -2.36. The minimum absolute atomic E-state index is 0.461. The first-order chi connectivity index (χ1) is 12.5. The molecule has 0 unspecified atom stereocenters. The van der Waals surface area contributed by atoms with Crippen molar-refractivity contribution in [2.75, 3.05) is 5.32 Å². The fraction of sp³-hybridized carbons (Fsp3) is 0.143. The fourth-order valence-corrected chi connectivity index (χ4v) is 2.13. The molecule has 0 aliphatic rings. The van der Waals surface area contributed by atoms with Gasteiger partial charge in [0.1, 0.15) is 11.0 Å². The average Bonchev–Trinajstić information content (AvgIpc) is 2.64. The van der Waals surface area contributed by atoms with E-state index in [0.29, 0.717) is 10.2 Å². The maximum atomic E-state index is 5.98. The molecule has 0 saturated heterocycles. The molecule has 0 aliphatic heterocycles. The van der Waals surface area contributed by atoms with E-state index in [9.17, 15) is 0 Å². The molecule has 0 bridgehead atoms. The van der Waals surface area contributed by atoms with E-state index in [2.05, 4.69) is 21.9 Å². The molecule has 3 aromatic rings. The summed E-state index contributed by atoms with van der Waals surface area (Å²) in [6.07, 6.45) is 9.16. The zero-order valence-corrected chi connectivity index (χ0v) is 16.7. The number of hydrogen-bond acceptors (Lipinski definition) is 3. The third-order valence-corrected chi connectivity index (χ3v) is 3.51. The van der Waals surface area contributed by atoms with Gasteiger partial charge in [0.15, 0.2) is 0 Å². The van der Waals surface area contributed by atoms with Gasteiger partial charge in [0.05, 0.1) is 11.9 Å². The number of aromatic nitrogens is 2. The Morgan fingerprint density at radius 1 is 0.962 bits per heavy atom. The van der Waals surface area contributed by atoms with Gasteiger partial charge in [-0.2, -0.15) is 0 Å². The molecular weight excluding hydrogens is 365 g/mol. The standard InChI is InChI=1S/C14H9Cl2N3.C4H8.C3H6/c15-10-1-3-12-9(7-10)5-6-17-14(12)19-11-2-4-13(16)18-8-11;1-3-4-2;1-3-2/h1-8H,(H,17,19);3-4H,1-2H3;3H,1H2,2H3/b;4-3-;. The topological polar surface area (TPSA) is 37.8 Å². The van der Waals surface area contributed by atoms with E-state index in [-0.39, 0.29) is 0 Å². The number of allylic oxidation sites excluding steroid dienone is 3. The first-order valence-corrected chi connectivity index (χ1v) is 8.88. The number of halogens is 2. The molecule has 0 saturated carbocycles. The second-order valence-corrected chi connectivity index (χ2v) is 5.92. The fourth-order valence-electron chi connectivity index (χ4n) is 1.83. The Morgan fingerprint density at radius 2 is 1.65 bits per heavy atom. The summed E-state index contributed by atoms with van der Waals surface area (Å²) >= 11 is 11.7. The van der Waals surface area contributed by atoms with Gasteiger partial charge >= 0.3 is 0 Å². The van der Waals surface area contributed by atoms with Gasteiger partial charge in [-0.15, -0.1) is 6.58 Å². The lowest BCUT2D eigenvalue weighted by molar-refractivity contribution is 1.29. The number of rotatable bonds is 2. The zero-order chi connectivity index (χ0) is 19.4. The average molecular weight is 388 g/mol. The van der Waals surface area contributed by atoms with Crippen molar-refractivity contribution >= 4 is 45.5 Å². The van der Waals surface area contributed by atoms with E-state index in [4.69, 9.17) is 23.2 Å². The van der Waals surface area contributed by atoms with Gasteiger partial charge in [-0.25, -0.2) is 9.97 Å². The summed E-state index contributed by atoms with van der Waals surface area (Å²) in [7, 11) is 0. The maximum Gasteiger partial charge on any atom is 0.138 e. The summed E-state index contributed by atoms with van der Waals surface area (Å²) in [4.78, 5) is 8.36. The first kappa shape index (κ1) is 21.7. The largest absolute Gasteiger partial charge is 0.338 e. The van der Waals surface area contributed by atoms with Gasteiger partial charge in [-0.05, 0) is 62.6 Å². The minimum Gasteiger partial charge on any atom is -0.338 e. The zero-order valence-electron chi connectivity index (χ0n) is 15.2. The van der Waals surface area contributed by atoms with Crippen LogP contribution in [0.2, 0.25) is 10.2 Å². The van der Waals surface area contributed by atoms with Crippen molar-refractivity contribution < 1.29 is 0 Å². The van der Waals surface area contributed by atoms with E-state index in [0.717, 1.165) is 22.3 Å². The molecule has 0 aliphatic carbocycles. The molecule has 3 nitrogen and oxygen atoms in total. The molecule has 136 valence electrons. The van der Waals surface area contributed by atoms with Gasteiger partial charge in [0.2, 0.25) is 0 Å². The van der Waals surface area contributed by atoms with Crippen molar-refractivity contribution in [2.45, 2.75) is 20.8 Å². The third-order valence-electron chi connectivity index (χ3n) is 3.05. The highest BCUT2D eigenvalue weighted by atomic mass is 35.5. The molecule has 0 atom stereocenters. The number of pyridine rings is 2. The number of fused-ring (bicyclic) bond motifs is 1. The molecule has 1 N–H and O–H groups in total. The maximum absolute atomic E-state index is 5.98. The number of anilines is 2. The molecule has 0 radical (unpaired) electrons. The van der Waals surface area contributed by atoms with E-state index < -0.39 is 0 Å². The van der Waals surface area contributed by atoms with E-state index in [1.165, 1.54) is 0 Å². The van der Waals surface area contributed by atoms with Crippen LogP contribution in [-0.2, 0) is 0 Å². The van der Waals surface area contributed by atoms with E-state index >= 15 is 0 Å². The monoisotopic (exact) mass is 387 g/mol. The highest BCUT2D eigenvalue weighted by Crippen LogP contribution is 2.26. The van der Waals surface area contributed by atoms with Crippen LogP contribution < -0.4 is 5.32 Å². The Bertz CT molecular complexity index is 840. The van der Waals surface area contributed by atoms with Crippen LogP contribution in [0.15, 0.2) is 73.6 Å². The predicted molar refractivity (Wildman–Crippen MR) is 116 cm³/mol. The predicted octanol–water partition coefficient (Wildman–Crippen LogP) is 7.45. The first-order valence-electron chi connectivity index (χ1n) is 8.12. The van der Waals surface area contributed by atoms with Crippen molar-refractivity contribution in [1.82, 2.24) is 9.97 Å². The Balaban J connectivity index is 0.000000419. The lowest BCUT2D eigenvalue weighted by Crippen LogP contribution is -1.95. The molecule has 0 fully saturated rings. The van der Waals surface area contributed by atoms with Crippen LogP contribution in [0.4, 0.5) is 11.5 Å². The summed E-state index contributed by atoms with van der Waals surface area (Å²) in [5.74, 6) is 0.762. The summed E-state index contributed by atoms with van der Waals surface area (Å²) in [6, 6.07) is 11.2. The van der Waals surface area contributed by atoms with Crippen LogP contribution in [0.3, 0.4) is 0 Å². The third kappa shape index (κ3) is 7.26. The van der Waals surface area contributed by atoms with Gasteiger partial charge < -0.3 is 5.32 Å². The van der Waals surface area contributed by atoms with Crippen LogP contribution >= 0.6 is 23.2 Å². The number of nitrogens with zero attached hydrogens (tertiary/aromatic N) is 2. The van der Waals surface area contributed by atoms with E-state index in [1.807, 2.05) is 63.3 Å². The lowest BCUT2D eigenvalue weighted by Gasteiger charge is -2.08. The molecule has 0 amide bonds. The van der Waals surface area contributed by atoms with Gasteiger partial charge in [-0.3, -0.25) is 0 Å². The van der Waals surface area contributed by atoms with Crippen molar-refractivity contribution in [3.05, 3.63) is 83.8 Å². The van der Waals surface area contributed by atoms with Gasteiger partial charge in [0, 0.05) is 16.6 Å². The second-order valence-electron chi connectivity index (χ2n) is 5.09. The van der Waals surface area contributed by atoms with Crippen LogP contribution in [-0.4, -0.2) is 9.97 Å². The summed E-state index contributed by atoms with van der Waals surface area (Å²) in [5, 5.41) is 6.42. The minimum atomic E-state index is 0.461. The summed E-state index contributed by atoms with van der Waals surface area (Å²) in [6.45, 7) is 9.25. The molecular formula is C21H23Cl2N3. The Labute approximate surface area is 165 Å². The lowest BCUT2D eigenvalue weighted by atomic mass is 10.1. The molecule has 0 spiro atoms. The van der Waals surface area contributed by atoms with Crippen molar-refractivity contribution in [3.8, 4) is 0 Å². The number of benzene rings is 1. The Kier molecular flexibility index (Phi) is 10.1. The van der Waals surface area contributed by atoms with Crippen molar-refractivity contribution in [3.63, 3.8) is 0 Å². The SMILES string of the molecule is C/C=C\C.C=CC.Clc1ccc2c(Nc3ccc(Cl)nc3)nccc2c1. The molecule has 1 aromatic carbocycles. The second kappa shape index (κ2) is 12.1. The summed E-state index contributed by atoms with van der Waals surface area (Å²) in [5.41, 5.74) is 0.833. The number of nitrogens with one attached hydrogen (secondary N) is 1. The molecule has 26 heavy (non-hydrogen) atoms. The highest BCUT2D eigenvalue weighted by molar-refractivity contribution is 6.31. The van der Waals surface area contributed by atoms with Crippen LogP contribution in [0.25, 0.3) is 10.8 Å². The van der Waals surface area contributed by atoms with Crippen LogP contribution in [0.5, 0.6) is 0 Å². The smallest absolute Gasteiger partial charge is 0.138 e. The van der Waals surface area contributed by atoms with Crippen LogP contribution in [0, 0.1) is 0 Å². The van der Waals surface area contributed by atoms with Gasteiger partial charge in [-0.1, -0.05) is 41.4 Å². The van der Waals surface area contributed by atoms with Crippen molar-refractivity contribution in [2.24, 2.45) is 0 Å². The highest BCUT2D eigenvalue weighted by Gasteiger charge is 2.03. The number of hydrogen-bond donors (Lipinski definition) is 1.